The number of benzene rings is 1. The first-order chi connectivity index (χ1) is 10.5. The van der Waals surface area contributed by atoms with E-state index in [2.05, 4.69) is 29.4 Å². The summed E-state index contributed by atoms with van der Waals surface area (Å²) in [6.45, 7) is 8.19. The molecule has 0 spiro atoms. The van der Waals surface area contributed by atoms with E-state index in [0.717, 1.165) is 31.6 Å². The second-order valence-corrected chi connectivity index (χ2v) is 6.21. The van der Waals surface area contributed by atoms with Gasteiger partial charge in [-0.3, -0.25) is 9.59 Å². The minimum absolute atomic E-state index is 0.0807. The molecule has 1 aromatic carbocycles. The standard InChI is InChI=1S/C17H25N3O2/c1-12(2)11-18-17(22)15-10-14(19-13(3)21)6-7-16(15)20-8-4-5-9-20/h6-7,10,12H,4-5,8-9,11H2,1-3H3,(H,18,22)(H,19,21). The molecule has 0 saturated carbocycles. The van der Waals surface area contributed by atoms with Crippen molar-refractivity contribution in [1.29, 1.82) is 0 Å². The zero-order valence-corrected chi connectivity index (χ0v) is 13.6. The lowest BCUT2D eigenvalue weighted by Crippen LogP contribution is -2.30. The van der Waals surface area contributed by atoms with Gasteiger partial charge in [-0.15, -0.1) is 0 Å². The summed E-state index contributed by atoms with van der Waals surface area (Å²) in [5, 5.41) is 5.71. The fourth-order valence-corrected chi connectivity index (χ4v) is 2.62. The van der Waals surface area contributed by atoms with Crippen LogP contribution in [-0.4, -0.2) is 31.4 Å². The molecule has 1 aliphatic rings. The highest BCUT2D eigenvalue weighted by Crippen LogP contribution is 2.27. The van der Waals surface area contributed by atoms with E-state index < -0.39 is 0 Å². The predicted octanol–water partition coefficient (Wildman–Crippen LogP) is 2.63. The lowest BCUT2D eigenvalue weighted by Gasteiger charge is -2.22. The zero-order chi connectivity index (χ0) is 16.1. The molecular weight excluding hydrogens is 278 g/mol. The molecule has 1 saturated heterocycles. The largest absolute Gasteiger partial charge is 0.371 e. The maximum Gasteiger partial charge on any atom is 0.253 e. The maximum absolute atomic E-state index is 12.5. The number of hydrogen-bond donors (Lipinski definition) is 2. The minimum atomic E-state index is -0.137. The summed E-state index contributed by atoms with van der Waals surface area (Å²) in [4.78, 5) is 26.0. The molecule has 2 N–H and O–H groups in total. The molecule has 2 rings (SSSR count). The normalized spacial score (nSPS) is 14.3. The minimum Gasteiger partial charge on any atom is -0.371 e. The average Bonchev–Trinajstić information content (AvgIpc) is 2.98. The number of hydrogen-bond acceptors (Lipinski definition) is 3. The highest BCUT2D eigenvalue weighted by atomic mass is 16.2. The van der Waals surface area contributed by atoms with Crippen molar-refractivity contribution in [3.05, 3.63) is 23.8 Å². The van der Waals surface area contributed by atoms with Crippen LogP contribution in [0.15, 0.2) is 18.2 Å². The van der Waals surface area contributed by atoms with Gasteiger partial charge < -0.3 is 15.5 Å². The highest BCUT2D eigenvalue weighted by molar-refractivity contribution is 6.02. The van der Waals surface area contributed by atoms with Crippen molar-refractivity contribution < 1.29 is 9.59 Å². The van der Waals surface area contributed by atoms with Crippen LogP contribution in [0.25, 0.3) is 0 Å². The van der Waals surface area contributed by atoms with E-state index in [9.17, 15) is 9.59 Å². The lowest BCUT2D eigenvalue weighted by atomic mass is 10.1. The zero-order valence-electron chi connectivity index (χ0n) is 13.6. The van der Waals surface area contributed by atoms with Crippen LogP contribution < -0.4 is 15.5 Å². The fraction of sp³-hybridized carbons (Fsp3) is 0.529. The molecule has 0 radical (unpaired) electrons. The van der Waals surface area contributed by atoms with Gasteiger partial charge in [0.15, 0.2) is 0 Å². The third-order valence-electron chi connectivity index (χ3n) is 3.68. The van der Waals surface area contributed by atoms with Crippen molar-refractivity contribution in [3.8, 4) is 0 Å². The molecule has 1 aliphatic heterocycles. The van der Waals surface area contributed by atoms with Gasteiger partial charge in [0.05, 0.1) is 5.56 Å². The SMILES string of the molecule is CC(=O)Nc1ccc(N2CCCC2)c(C(=O)NCC(C)C)c1. The summed E-state index contributed by atoms with van der Waals surface area (Å²) >= 11 is 0. The molecule has 22 heavy (non-hydrogen) atoms. The van der Waals surface area contributed by atoms with E-state index in [1.807, 2.05) is 12.1 Å². The van der Waals surface area contributed by atoms with Crippen LogP contribution in [0.3, 0.4) is 0 Å². The molecule has 1 aromatic rings. The van der Waals surface area contributed by atoms with E-state index >= 15 is 0 Å². The van der Waals surface area contributed by atoms with Crippen LogP contribution in [0.5, 0.6) is 0 Å². The highest BCUT2D eigenvalue weighted by Gasteiger charge is 2.20. The molecule has 0 unspecified atom stereocenters. The van der Waals surface area contributed by atoms with Crippen molar-refractivity contribution in [2.75, 3.05) is 29.9 Å². The third-order valence-corrected chi connectivity index (χ3v) is 3.68. The number of nitrogens with zero attached hydrogens (tertiary/aromatic N) is 1. The van der Waals surface area contributed by atoms with Crippen molar-refractivity contribution >= 4 is 23.2 Å². The number of carbonyl (C=O) groups excluding carboxylic acids is 2. The number of anilines is 2. The van der Waals surface area contributed by atoms with Gasteiger partial charge in [0.1, 0.15) is 0 Å². The maximum atomic E-state index is 12.5. The summed E-state index contributed by atoms with van der Waals surface area (Å²) < 4.78 is 0. The second-order valence-electron chi connectivity index (χ2n) is 6.21. The van der Waals surface area contributed by atoms with Gasteiger partial charge in [-0.25, -0.2) is 0 Å². The molecular formula is C17H25N3O2. The summed E-state index contributed by atoms with van der Waals surface area (Å²) in [7, 11) is 0. The van der Waals surface area contributed by atoms with Gasteiger partial charge in [0, 0.05) is 37.9 Å². The van der Waals surface area contributed by atoms with Gasteiger partial charge >= 0.3 is 0 Å². The Morgan fingerprint density at radius 3 is 2.50 bits per heavy atom. The van der Waals surface area contributed by atoms with E-state index in [-0.39, 0.29) is 11.8 Å². The monoisotopic (exact) mass is 303 g/mol. The Hall–Kier alpha value is -2.04. The van der Waals surface area contributed by atoms with Gasteiger partial charge in [-0.2, -0.15) is 0 Å². The first-order valence-corrected chi connectivity index (χ1v) is 7.92. The number of nitrogens with one attached hydrogen (secondary N) is 2. The van der Waals surface area contributed by atoms with Gasteiger partial charge in [0.2, 0.25) is 5.91 Å². The van der Waals surface area contributed by atoms with Crippen LogP contribution in [-0.2, 0) is 4.79 Å². The molecule has 0 bridgehead atoms. The quantitative estimate of drug-likeness (QED) is 0.879. The number of rotatable bonds is 5. The first-order valence-electron chi connectivity index (χ1n) is 7.92. The van der Waals surface area contributed by atoms with Crippen LogP contribution >= 0.6 is 0 Å². The van der Waals surface area contributed by atoms with E-state index in [1.165, 1.54) is 6.92 Å². The Balaban J connectivity index is 2.27. The molecule has 1 heterocycles. The Labute approximate surface area is 132 Å². The molecule has 2 amide bonds. The van der Waals surface area contributed by atoms with Gasteiger partial charge in [-0.1, -0.05) is 13.8 Å². The van der Waals surface area contributed by atoms with Gasteiger partial charge in [-0.05, 0) is 37.0 Å². The average molecular weight is 303 g/mol. The Bertz CT molecular complexity index is 549. The van der Waals surface area contributed by atoms with Crippen LogP contribution in [0.1, 0.15) is 44.0 Å². The predicted molar refractivity (Wildman–Crippen MR) is 89.4 cm³/mol. The van der Waals surface area contributed by atoms with Crippen LogP contribution in [0.4, 0.5) is 11.4 Å². The Morgan fingerprint density at radius 2 is 1.91 bits per heavy atom. The van der Waals surface area contributed by atoms with Crippen molar-refractivity contribution in [3.63, 3.8) is 0 Å². The summed E-state index contributed by atoms with van der Waals surface area (Å²) in [6, 6.07) is 5.56. The summed E-state index contributed by atoms with van der Waals surface area (Å²) in [5.41, 5.74) is 2.24. The fourth-order valence-electron chi connectivity index (χ4n) is 2.62. The molecule has 120 valence electrons. The Morgan fingerprint density at radius 1 is 1.23 bits per heavy atom. The second kappa shape index (κ2) is 7.29. The van der Waals surface area contributed by atoms with Crippen molar-refractivity contribution in [1.82, 2.24) is 5.32 Å². The smallest absolute Gasteiger partial charge is 0.253 e. The van der Waals surface area contributed by atoms with E-state index in [1.54, 1.807) is 6.07 Å². The summed E-state index contributed by atoms with van der Waals surface area (Å²) in [5.74, 6) is 0.183. The van der Waals surface area contributed by atoms with Crippen molar-refractivity contribution in [2.45, 2.75) is 33.6 Å². The third kappa shape index (κ3) is 4.23. The number of amides is 2. The van der Waals surface area contributed by atoms with Crippen molar-refractivity contribution in [2.24, 2.45) is 5.92 Å². The van der Waals surface area contributed by atoms with E-state index in [0.29, 0.717) is 23.7 Å². The number of carbonyl (C=O) groups is 2. The topological polar surface area (TPSA) is 61.4 Å². The van der Waals surface area contributed by atoms with Crippen LogP contribution in [0, 0.1) is 5.92 Å². The first kappa shape index (κ1) is 16.3. The summed E-state index contributed by atoms with van der Waals surface area (Å²) in [6.07, 6.45) is 2.31. The van der Waals surface area contributed by atoms with E-state index in [4.69, 9.17) is 0 Å². The molecule has 1 fully saturated rings. The van der Waals surface area contributed by atoms with Crippen LogP contribution in [0.2, 0.25) is 0 Å². The molecule has 0 aliphatic carbocycles. The van der Waals surface area contributed by atoms with Gasteiger partial charge in [0.25, 0.3) is 5.91 Å². The molecule has 5 heteroatoms. The molecule has 0 atom stereocenters. The lowest BCUT2D eigenvalue weighted by molar-refractivity contribution is -0.114. The molecule has 5 nitrogen and oxygen atoms in total. The molecule has 0 aromatic heterocycles. The Kier molecular flexibility index (Phi) is 5.41.